The normalized spacial score (nSPS) is 11.8. The zero-order valence-corrected chi connectivity index (χ0v) is 23.3. The summed E-state index contributed by atoms with van der Waals surface area (Å²) >= 11 is 6.32. The zero-order chi connectivity index (χ0) is 28.1. The summed E-state index contributed by atoms with van der Waals surface area (Å²) in [5.74, 6) is 1.85. The van der Waals surface area contributed by atoms with E-state index in [0.29, 0.717) is 51.9 Å². The first kappa shape index (κ1) is 27.7. The van der Waals surface area contributed by atoms with E-state index in [2.05, 4.69) is 39.3 Å². The third kappa shape index (κ3) is 6.24. The molecule has 1 atom stereocenters. The van der Waals surface area contributed by atoms with Crippen molar-refractivity contribution >= 4 is 51.4 Å². The smallest absolute Gasteiger partial charge is 0.247 e. The van der Waals surface area contributed by atoms with Gasteiger partial charge in [-0.05, 0) is 57.4 Å². The summed E-state index contributed by atoms with van der Waals surface area (Å²) in [6.07, 6.45) is 4.77. The van der Waals surface area contributed by atoms with Gasteiger partial charge in [0.25, 0.3) is 0 Å². The Morgan fingerprint density at radius 1 is 1.13 bits per heavy atom. The van der Waals surface area contributed by atoms with Gasteiger partial charge in [-0.15, -0.1) is 0 Å². The molecule has 0 saturated heterocycles. The van der Waals surface area contributed by atoms with E-state index >= 15 is 0 Å². The SMILES string of the molecule is C=CC(=O)Nc1cc(Nc2nccc(-n3ccc4c(OC)cc(Cl)cc43)n2)c(OC)cc1NCC(C)N(C)C. The summed E-state index contributed by atoms with van der Waals surface area (Å²) in [5.41, 5.74) is 2.68. The van der Waals surface area contributed by atoms with Crippen molar-refractivity contribution in [1.82, 2.24) is 19.4 Å². The van der Waals surface area contributed by atoms with Crippen LogP contribution in [0.2, 0.25) is 5.02 Å². The Kier molecular flexibility index (Phi) is 8.58. The van der Waals surface area contributed by atoms with E-state index in [0.717, 1.165) is 10.9 Å². The lowest BCUT2D eigenvalue weighted by atomic mass is 10.2. The Morgan fingerprint density at radius 2 is 1.90 bits per heavy atom. The number of hydrogen-bond acceptors (Lipinski definition) is 8. The summed E-state index contributed by atoms with van der Waals surface area (Å²) < 4.78 is 13.1. The standard InChI is InChI=1S/C28H32ClN7O3/c1-7-27(37)32-21-14-22(25(39-6)15-20(21)31-16-17(2)35(3)4)33-28-30-10-8-26(34-28)36-11-9-19-23(36)12-18(29)13-24(19)38-5/h7-15,17,31H,1,16H2,2-6H3,(H,32,37)(H,30,33,34). The molecular formula is C28H32ClN7O3. The van der Waals surface area contributed by atoms with Crippen LogP contribution in [0.5, 0.6) is 11.5 Å². The first-order valence-corrected chi connectivity index (χ1v) is 12.6. The fourth-order valence-corrected chi connectivity index (χ4v) is 4.13. The maximum atomic E-state index is 12.2. The van der Waals surface area contributed by atoms with E-state index in [-0.39, 0.29) is 11.9 Å². The molecular weight excluding hydrogens is 518 g/mol. The van der Waals surface area contributed by atoms with Gasteiger partial charge in [0, 0.05) is 41.5 Å². The van der Waals surface area contributed by atoms with Crippen molar-refractivity contribution < 1.29 is 14.3 Å². The number of aromatic nitrogens is 3. The molecule has 0 fully saturated rings. The highest BCUT2D eigenvalue weighted by atomic mass is 35.5. The van der Waals surface area contributed by atoms with Crippen molar-refractivity contribution in [3.63, 3.8) is 0 Å². The van der Waals surface area contributed by atoms with Crippen LogP contribution in [-0.2, 0) is 4.79 Å². The van der Waals surface area contributed by atoms with Gasteiger partial charge in [-0.3, -0.25) is 4.79 Å². The minimum absolute atomic E-state index is 0.257. The van der Waals surface area contributed by atoms with Crippen LogP contribution in [0.15, 0.2) is 61.4 Å². The molecule has 10 nitrogen and oxygen atoms in total. The molecule has 2 aromatic carbocycles. The number of ether oxygens (including phenoxy) is 2. The molecule has 39 heavy (non-hydrogen) atoms. The average molecular weight is 550 g/mol. The second-order valence-electron chi connectivity index (χ2n) is 9.08. The first-order chi connectivity index (χ1) is 18.7. The molecule has 1 amide bonds. The fraction of sp³-hybridized carbons (Fsp3) is 0.250. The van der Waals surface area contributed by atoms with Crippen molar-refractivity contribution in [2.75, 3.05) is 50.8 Å². The number of anilines is 4. The van der Waals surface area contributed by atoms with Crippen molar-refractivity contribution in [2.45, 2.75) is 13.0 Å². The van der Waals surface area contributed by atoms with E-state index < -0.39 is 0 Å². The minimum Gasteiger partial charge on any atom is -0.496 e. The van der Waals surface area contributed by atoms with Crippen molar-refractivity contribution in [1.29, 1.82) is 0 Å². The fourth-order valence-electron chi connectivity index (χ4n) is 3.93. The second-order valence-corrected chi connectivity index (χ2v) is 9.51. The molecule has 11 heteroatoms. The molecule has 0 bridgehead atoms. The zero-order valence-electron chi connectivity index (χ0n) is 22.6. The van der Waals surface area contributed by atoms with Gasteiger partial charge in [-0.25, -0.2) is 4.98 Å². The molecule has 4 rings (SSSR count). The number of fused-ring (bicyclic) bond motifs is 1. The molecule has 0 aliphatic heterocycles. The average Bonchev–Trinajstić information content (AvgIpc) is 3.35. The molecule has 204 valence electrons. The van der Waals surface area contributed by atoms with Crippen LogP contribution >= 0.6 is 11.6 Å². The highest BCUT2D eigenvalue weighted by Gasteiger charge is 2.16. The van der Waals surface area contributed by atoms with Crippen LogP contribution in [0.1, 0.15) is 6.92 Å². The van der Waals surface area contributed by atoms with E-state index in [9.17, 15) is 4.79 Å². The number of nitrogens with one attached hydrogen (secondary N) is 3. The number of nitrogens with zero attached hydrogens (tertiary/aromatic N) is 4. The van der Waals surface area contributed by atoms with Gasteiger partial charge < -0.3 is 34.9 Å². The number of halogens is 1. The predicted molar refractivity (Wildman–Crippen MR) is 157 cm³/mol. The summed E-state index contributed by atoms with van der Waals surface area (Å²) in [6, 6.07) is 11.2. The lowest BCUT2D eigenvalue weighted by Gasteiger charge is -2.23. The van der Waals surface area contributed by atoms with Gasteiger partial charge in [0.2, 0.25) is 11.9 Å². The van der Waals surface area contributed by atoms with Crippen LogP contribution < -0.4 is 25.4 Å². The molecule has 2 heterocycles. The summed E-state index contributed by atoms with van der Waals surface area (Å²) in [6.45, 7) is 6.32. The lowest BCUT2D eigenvalue weighted by Crippen LogP contribution is -2.31. The van der Waals surface area contributed by atoms with Crippen molar-refractivity contribution in [2.24, 2.45) is 0 Å². The Hall–Kier alpha value is -4.28. The number of methoxy groups -OCH3 is 2. The largest absolute Gasteiger partial charge is 0.496 e. The number of carbonyl (C=O) groups is 1. The van der Waals surface area contributed by atoms with Crippen LogP contribution in [0.3, 0.4) is 0 Å². The van der Waals surface area contributed by atoms with E-state index in [1.807, 2.05) is 43.1 Å². The van der Waals surface area contributed by atoms with Crippen LogP contribution in [0.4, 0.5) is 23.0 Å². The van der Waals surface area contributed by atoms with E-state index in [4.69, 9.17) is 26.1 Å². The number of likely N-dealkylation sites (N-methyl/N-ethyl adjacent to an activating group) is 1. The molecule has 3 N–H and O–H groups in total. The van der Waals surface area contributed by atoms with Gasteiger partial charge >= 0.3 is 0 Å². The molecule has 1 unspecified atom stereocenters. The maximum Gasteiger partial charge on any atom is 0.247 e. The number of benzene rings is 2. The van der Waals surface area contributed by atoms with Crippen molar-refractivity contribution in [3.8, 4) is 17.3 Å². The van der Waals surface area contributed by atoms with Crippen LogP contribution in [0, 0.1) is 0 Å². The highest BCUT2D eigenvalue weighted by Crippen LogP contribution is 2.37. The van der Waals surface area contributed by atoms with E-state index in [1.54, 1.807) is 38.6 Å². The Bertz CT molecular complexity index is 1500. The number of carbonyl (C=O) groups excluding carboxylic acids is 1. The molecule has 0 radical (unpaired) electrons. The predicted octanol–water partition coefficient (Wildman–Crippen LogP) is 5.32. The number of rotatable bonds is 11. The molecule has 0 aliphatic carbocycles. The van der Waals surface area contributed by atoms with Gasteiger partial charge in [0.05, 0.1) is 36.8 Å². The molecule has 2 aromatic heterocycles. The Labute approximate surface area is 232 Å². The monoisotopic (exact) mass is 549 g/mol. The third-order valence-electron chi connectivity index (χ3n) is 6.34. The van der Waals surface area contributed by atoms with Gasteiger partial charge in [-0.1, -0.05) is 18.2 Å². The molecule has 4 aromatic rings. The third-order valence-corrected chi connectivity index (χ3v) is 6.56. The topological polar surface area (TPSA) is 106 Å². The quantitative estimate of drug-likeness (QED) is 0.216. The van der Waals surface area contributed by atoms with Gasteiger partial charge in [0.1, 0.15) is 17.3 Å². The molecule has 0 spiro atoms. The minimum atomic E-state index is -0.332. The summed E-state index contributed by atoms with van der Waals surface area (Å²) in [4.78, 5) is 23.4. The van der Waals surface area contributed by atoms with Gasteiger partial charge in [0.15, 0.2) is 0 Å². The van der Waals surface area contributed by atoms with Gasteiger partial charge in [-0.2, -0.15) is 4.98 Å². The van der Waals surface area contributed by atoms with E-state index in [1.165, 1.54) is 6.08 Å². The Morgan fingerprint density at radius 3 is 2.59 bits per heavy atom. The van der Waals surface area contributed by atoms with Crippen LogP contribution in [-0.4, -0.2) is 66.2 Å². The van der Waals surface area contributed by atoms with Crippen molar-refractivity contribution in [3.05, 3.63) is 66.5 Å². The second kappa shape index (κ2) is 12.1. The maximum absolute atomic E-state index is 12.2. The summed E-state index contributed by atoms with van der Waals surface area (Å²) in [5, 5.41) is 10.9. The first-order valence-electron chi connectivity index (χ1n) is 12.2. The Balaban J connectivity index is 1.69. The number of amides is 1. The highest BCUT2D eigenvalue weighted by molar-refractivity contribution is 6.31. The van der Waals surface area contributed by atoms with Crippen LogP contribution in [0.25, 0.3) is 16.7 Å². The molecule has 0 aliphatic rings. The number of hydrogen-bond donors (Lipinski definition) is 3. The summed E-state index contributed by atoms with van der Waals surface area (Å²) in [7, 11) is 7.21. The lowest BCUT2D eigenvalue weighted by molar-refractivity contribution is -0.111. The molecule has 0 saturated carbocycles.